The van der Waals surface area contributed by atoms with Crippen molar-refractivity contribution in [3.63, 3.8) is 0 Å². The molecule has 8 nitrogen and oxygen atoms in total. The Hall–Kier alpha value is -2.65. The van der Waals surface area contributed by atoms with Crippen LogP contribution in [0.1, 0.15) is 6.92 Å². The fraction of sp³-hybridized carbons (Fsp3) is 0.200. The number of primary sulfonamides is 1. The van der Waals surface area contributed by atoms with Gasteiger partial charge in [-0.2, -0.15) is 0 Å². The number of aromatic nitrogens is 1. The smallest absolute Gasteiger partial charge is 0.246 e. The molecule has 0 aliphatic rings. The zero-order valence-corrected chi connectivity index (χ0v) is 14.0. The number of hydrogen-bond acceptors (Lipinski definition) is 6. The highest BCUT2D eigenvalue weighted by Gasteiger charge is 2.14. The van der Waals surface area contributed by atoms with Crippen LogP contribution in [0, 0.1) is 0 Å². The lowest BCUT2D eigenvalue weighted by Gasteiger charge is -2.15. The molecule has 0 aliphatic carbocycles. The lowest BCUT2D eigenvalue weighted by molar-refractivity contribution is -0.116. The summed E-state index contributed by atoms with van der Waals surface area (Å²) < 4.78 is 27.3. The molecule has 1 amide bonds. The predicted molar refractivity (Wildman–Crippen MR) is 90.3 cm³/mol. The molecule has 0 spiro atoms. The Labute approximate surface area is 140 Å². The van der Waals surface area contributed by atoms with Crippen molar-refractivity contribution < 1.29 is 17.9 Å². The number of benzene rings is 1. The molecular formula is C15H18N4O4S. The average Bonchev–Trinajstić information content (AvgIpc) is 2.55. The van der Waals surface area contributed by atoms with E-state index in [1.54, 1.807) is 25.3 Å². The number of rotatable bonds is 6. The number of ether oxygens (including phenoxy) is 1. The molecular weight excluding hydrogens is 332 g/mol. The van der Waals surface area contributed by atoms with Gasteiger partial charge in [0.25, 0.3) is 0 Å². The number of methoxy groups -OCH3 is 1. The Bertz CT molecular complexity index is 804. The van der Waals surface area contributed by atoms with E-state index in [-0.39, 0.29) is 10.8 Å². The maximum Gasteiger partial charge on any atom is 0.246 e. The molecule has 0 unspecified atom stereocenters. The van der Waals surface area contributed by atoms with E-state index in [4.69, 9.17) is 9.88 Å². The fourth-order valence-corrected chi connectivity index (χ4v) is 2.40. The summed E-state index contributed by atoms with van der Waals surface area (Å²) in [4.78, 5) is 16.2. The van der Waals surface area contributed by atoms with Gasteiger partial charge in [0.1, 0.15) is 6.04 Å². The lowest BCUT2D eigenvalue weighted by atomic mass is 10.2. The molecule has 9 heteroatoms. The van der Waals surface area contributed by atoms with Crippen molar-refractivity contribution in [2.75, 3.05) is 17.7 Å². The fourth-order valence-electron chi connectivity index (χ4n) is 1.88. The molecule has 2 rings (SSSR count). The van der Waals surface area contributed by atoms with Crippen molar-refractivity contribution in [2.24, 2.45) is 5.14 Å². The number of nitrogens with two attached hydrogens (primary N) is 1. The number of anilines is 2. The van der Waals surface area contributed by atoms with E-state index < -0.39 is 16.1 Å². The van der Waals surface area contributed by atoms with Crippen molar-refractivity contribution in [1.29, 1.82) is 0 Å². The molecule has 0 fully saturated rings. The molecule has 0 radical (unpaired) electrons. The highest BCUT2D eigenvalue weighted by atomic mass is 32.2. The average molecular weight is 350 g/mol. The Kier molecular flexibility index (Phi) is 5.37. The van der Waals surface area contributed by atoms with Gasteiger partial charge in [0.15, 0.2) is 0 Å². The first kappa shape index (κ1) is 17.7. The van der Waals surface area contributed by atoms with Crippen LogP contribution in [0.4, 0.5) is 11.4 Å². The Morgan fingerprint density at radius 2 is 1.79 bits per heavy atom. The van der Waals surface area contributed by atoms with E-state index >= 15 is 0 Å². The Morgan fingerprint density at radius 3 is 2.29 bits per heavy atom. The van der Waals surface area contributed by atoms with Crippen molar-refractivity contribution in [2.45, 2.75) is 17.9 Å². The molecule has 128 valence electrons. The molecule has 2 aromatic rings. The van der Waals surface area contributed by atoms with Gasteiger partial charge in [-0.15, -0.1) is 0 Å². The SMILES string of the molecule is COc1ccc(N[C@H](C)C(=O)Nc2ccc(S(N)(=O)=O)cc2)cn1. The molecule has 0 aliphatic heterocycles. The quantitative estimate of drug-likeness (QED) is 0.719. The molecule has 1 aromatic heterocycles. The van der Waals surface area contributed by atoms with Gasteiger partial charge in [0.2, 0.25) is 21.8 Å². The van der Waals surface area contributed by atoms with Crippen molar-refractivity contribution in [3.8, 4) is 5.88 Å². The first-order valence-corrected chi connectivity index (χ1v) is 8.54. The van der Waals surface area contributed by atoms with Gasteiger partial charge in [0, 0.05) is 11.8 Å². The summed E-state index contributed by atoms with van der Waals surface area (Å²) in [6, 6.07) is 8.50. The van der Waals surface area contributed by atoms with Crippen LogP contribution in [0.2, 0.25) is 0 Å². The first-order valence-electron chi connectivity index (χ1n) is 7.00. The number of amides is 1. The number of sulfonamides is 1. The Morgan fingerprint density at radius 1 is 1.17 bits per heavy atom. The molecule has 1 atom stereocenters. The maximum atomic E-state index is 12.2. The minimum Gasteiger partial charge on any atom is -0.481 e. The molecule has 4 N–H and O–H groups in total. The van der Waals surface area contributed by atoms with E-state index in [1.807, 2.05) is 0 Å². The highest BCUT2D eigenvalue weighted by Crippen LogP contribution is 2.15. The minimum absolute atomic E-state index is 0.0176. The minimum atomic E-state index is -3.75. The van der Waals surface area contributed by atoms with Crippen molar-refractivity contribution >= 4 is 27.3 Å². The summed E-state index contributed by atoms with van der Waals surface area (Å²) in [5, 5.41) is 10.7. The second-order valence-electron chi connectivity index (χ2n) is 5.01. The molecule has 0 saturated heterocycles. The summed E-state index contributed by atoms with van der Waals surface area (Å²) in [5.41, 5.74) is 1.14. The van der Waals surface area contributed by atoms with Gasteiger partial charge in [-0.25, -0.2) is 18.5 Å². The van der Waals surface area contributed by atoms with E-state index in [9.17, 15) is 13.2 Å². The zero-order chi connectivity index (χ0) is 17.7. The number of hydrogen-bond donors (Lipinski definition) is 3. The van der Waals surface area contributed by atoms with Gasteiger partial charge < -0.3 is 15.4 Å². The monoisotopic (exact) mass is 350 g/mol. The third-order valence-corrected chi connectivity index (χ3v) is 4.10. The van der Waals surface area contributed by atoms with Crippen molar-refractivity contribution in [1.82, 2.24) is 4.98 Å². The number of nitrogens with one attached hydrogen (secondary N) is 2. The number of pyridine rings is 1. The normalized spacial score (nSPS) is 12.3. The van der Waals surface area contributed by atoms with Crippen molar-refractivity contribution in [3.05, 3.63) is 42.6 Å². The van der Waals surface area contributed by atoms with Gasteiger partial charge in [-0.1, -0.05) is 0 Å². The number of nitrogens with zero attached hydrogens (tertiary/aromatic N) is 1. The topological polar surface area (TPSA) is 123 Å². The van der Waals surface area contributed by atoms with Gasteiger partial charge >= 0.3 is 0 Å². The summed E-state index contributed by atoms with van der Waals surface area (Å²) >= 11 is 0. The standard InChI is InChI=1S/C15H18N4O4S/c1-10(18-12-5-8-14(23-2)17-9-12)15(20)19-11-3-6-13(7-4-11)24(16,21)22/h3-10,18H,1-2H3,(H,19,20)(H2,16,21,22)/t10-/m1/s1. The van der Waals surface area contributed by atoms with Crippen LogP contribution in [0.5, 0.6) is 5.88 Å². The molecule has 0 bridgehead atoms. The van der Waals surface area contributed by atoms with Gasteiger partial charge in [-0.05, 0) is 37.3 Å². The summed E-state index contributed by atoms with van der Waals surface area (Å²) in [5.74, 6) is 0.196. The Balaban J connectivity index is 1.98. The molecule has 1 heterocycles. The third kappa shape index (κ3) is 4.67. The van der Waals surface area contributed by atoms with Crippen LogP contribution >= 0.6 is 0 Å². The van der Waals surface area contributed by atoms with E-state index in [1.165, 1.54) is 31.4 Å². The van der Waals surface area contributed by atoms with E-state index in [0.29, 0.717) is 17.3 Å². The van der Waals surface area contributed by atoms with Crippen LogP contribution in [0.3, 0.4) is 0 Å². The number of carbonyl (C=O) groups excluding carboxylic acids is 1. The lowest BCUT2D eigenvalue weighted by Crippen LogP contribution is -2.31. The van der Waals surface area contributed by atoms with Crippen LogP contribution < -0.4 is 20.5 Å². The highest BCUT2D eigenvalue weighted by molar-refractivity contribution is 7.89. The summed E-state index contributed by atoms with van der Waals surface area (Å²) in [6.07, 6.45) is 1.56. The second kappa shape index (κ2) is 7.28. The molecule has 0 saturated carbocycles. The number of carbonyl (C=O) groups is 1. The van der Waals surface area contributed by atoms with Crippen LogP contribution in [0.25, 0.3) is 0 Å². The third-order valence-electron chi connectivity index (χ3n) is 3.17. The summed E-state index contributed by atoms with van der Waals surface area (Å²) in [7, 11) is -2.23. The van der Waals surface area contributed by atoms with Gasteiger partial charge in [-0.3, -0.25) is 4.79 Å². The maximum absolute atomic E-state index is 12.2. The van der Waals surface area contributed by atoms with E-state index in [2.05, 4.69) is 15.6 Å². The second-order valence-corrected chi connectivity index (χ2v) is 6.58. The van der Waals surface area contributed by atoms with Crippen LogP contribution in [-0.2, 0) is 14.8 Å². The van der Waals surface area contributed by atoms with E-state index in [0.717, 1.165) is 0 Å². The van der Waals surface area contributed by atoms with Crippen LogP contribution in [0.15, 0.2) is 47.5 Å². The molecule has 24 heavy (non-hydrogen) atoms. The molecule has 1 aromatic carbocycles. The summed E-state index contributed by atoms with van der Waals surface area (Å²) in [6.45, 7) is 1.69. The zero-order valence-electron chi connectivity index (χ0n) is 13.2. The largest absolute Gasteiger partial charge is 0.481 e. The van der Waals surface area contributed by atoms with Crippen LogP contribution in [-0.4, -0.2) is 32.5 Å². The first-order chi connectivity index (χ1) is 11.3. The van der Waals surface area contributed by atoms with Gasteiger partial charge in [0.05, 0.1) is 23.9 Å². The predicted octanol–water partition coefficient (Wildman–Crippen LogP) is 1.18.